The second-order valence-corrected chi connectivity index (χ2v) is 23.3. The number of nitrogens with two attached hydrogens (primary N) is 4. The van der Waals surface area contributed by atoms with Crippen LogP contribution in [-0.4, -0.2) is 162 Å². The molecule has 14 N–H and O–H groups in total. The average molecular weight is 1090 g/mol. The molecule has 0 fully saturated rings. The Bertz CT molecular complexity index is 1840. The Hall–Kier alpha value is -3.54. The molecule has 2 aromatic rings. The van der Waals surface area contributed by atoms with Crippen LogP contribution in [0.5, 0.6) is 0 Å². The number of nitrogens with one attached hydrogen (secondary N) is 6. The summed E-state index contributed by atoms with van der Waals surface area (Å²) < 4.78 is 0. The number of nitrogens with zero attached hydrogens (tertiary/aromatic N) is 3. The first-order chi connectivity index (χ1) is 34.4. The number of benzene rings is 2. The maximum Gasteiger partial charge on any atom is 0.223 e. The van der Waals surface area contributed by atoms with E-state index in [4.69, 9.17) is 39.2 Å². The van der Waals surface area contributed by atoms with Crippen LogP contribution in [0.3, 0.4) is 0 Å². The lowest BCUT2D eigenvalue weighted by Gasteiger charge is -2.23. The highest BCUT2D eigenvalue weighted by atomic mass is 32.2. The highest BCUT2D eigenvalue weighted by molar-refractivity contribution is 8.00. The first-order valence-electron chi connectivity index (χ1n) is 24.4. The van der Waals surface area contributed by atoms with E-state index in [9.17, 15) is 14.4 Å². The van der Waals surface area contributed by atoms with E-state index in [1.165, 1.54) is 22.3 Å². The first kappa shape index (κ1) is 63.6. The molecule has 0 bridgehead atoms. The van der Waals surface area contributed by atoms with Gasteiger partial charge in [0.25, 0.3) is 0 Å². The van der Waals surface area contributed by atoms with Gasteiger partial charge in [0.2, 0.25) is 17.7 Å². The van der Waals surface area contributed by atoms with Crippen LogP contribution in [0.2, 0.25) is 0 Å². The van der Waals surface area contributed by atoms with E-state index in [2.05, 4.69) is 71.1 Å². The zero-order chi connectivity index (χ0) is 51.7. The second kappa shape index (κ2) is 41.9. The summed E-state index contributed by atoms with van der Waals surface area (Å²) in [5.41, 5.74) is 26.9. The molecule has 0 aliphatic carbocycles. The molecule has 0 saturated carbocycles. The summed E-state index contributed by atoms with van der Waals surface area (Å²) >= 11 is 11.0. The summed E-state index contributed by atoms with van der Waals surface area (Å²) in [6.45, 7) is 9.11. The van der Waals surface area contributed by atoms with Crippen LogP contribution in [0.15, 0.2) is 61.2 Å². The molecule has 0 saturated heterocycles. The second-order valence-electron chi connectivity index (χ2n) is 16.4. The number of hydrogen-bond donors (Lipinski definition) is 10. The standard InChI is InChI=1S/C49H83N13O3S6/c1-2-21-60(24-18-57-47(51)52)44(63)15-33-70-37-41-12-10-40(11-13-41)36-68-28-5-22-62(26-20-59-49(55)56)46(65)16-34-71-39-43-9-3-8-42(35-43)38-69-29-6-23-61(25-19-58-48(53)54)45(64)14-32-67-31-7-30-66-27-4-17-50/h2-3,8-13,35H,1,4-7,14-34,36-39,50H2,(H4,51,52,57)(H4,53,54,58)(H4,55,56,59). The highest BCUT2D eigenvalue weighted by Gasteiger charge is 2.16. The molecule has 0 unspecified atom stereocenters. The third-order valence-electron chi connectivity index (χ3n) is 10.5. The van der Waals surface area contributed by atoms with Crippen molar-refractivity contribution in [1.29, 1.82) is 16.2 Å². The Morgan fingerprint density at radius 3 is 1.30 bits per heavy atom. The summed E-state index contributed by atoms with van der Waals surface area (Å²) in [6.07, 6.45) is 7.06. The molecule has 0 aliphatic heterocycles. The predicted octanol–water partition coefficient (Wildman–Crippen LogP) is 5.60. The van der Waals surface area contributed by atoms with Crippen molar-refractivity contribution in [3.63, 3.8) is 0 Å². The van der Waals surface area contributed by atoms with Crippen molar-refractivity contribution in [2.24, 2.45) is 22.9 Å². The summed E-state index contributed by atoms with van der Waals surface area (Å²) in [6, 6.07) is 17.3. The summed E-state index contributed by atoms with van der Waals surface area (Å²) in [5.74, 6) is 10.9. The monoisotopic (exact) mass is 1090 g/mol. The van der Waals surface area contributed by atoms with Crippen LogP contribution in [0.4, 0.5) is 0 Å². The fraction of sp³-hybridized carbons (Fsp3) is 0.592. The lowest BCUT2D eigenvalue weighted by molar-refractivity contribution is -0.131. The van der Waals surface area contributed by atoms with Crippen molar-refractivity contribution < 1.29 is 14.4 Å². The normalized spacial score (nSPS) is 10.9. The molecule has 2 rings (SSSR count). The third-order valence-corrected chi connectivity index (χ3v) is 17.0. The Morgan fingerprint density at radius 1 is 0.493 bits per heavy atom. The number of thioether (sulfide) groups is 6. The van der Waals surface area contributed by atoms with Crippen molar-refractivity contribution in [2.75, 3.05) is 111 Å². The zero-order valence-electron chi connectivity index (χ0n) is 41.7. The molecule has 0 atom stereocenters. The largest absolute Gasteiger partial charge is 0.370 e. The Balaban J connectivity index is 1.70. The molecule has 0 aliphatic rings. The minimum Gasteiger partial charge on any atom is -0.370 e. The number of carbonyl (C=O) groups excluding carboxylic acids is 3. The van der Waals surface area contributed by atoms with Gasteiger partial charge in [0.1, 0.15) is 0 Å². The molecule has 2 aromatic carbocycles. The van der Waals surface area contributed by atoms with Gasteiger partial charge in [0.05, 0.1) is 0 Å². The van der Waals surface area contributed by atoms with Gasteiger partial charge in [-0.2, -0.15) is 70.6 Å². The van der Waals surface area contributed by atoms with Crippen molar-refractivity contribution in [3.8, 4) is 0 Å². The van der Waals surface area contributed by atoms with Crippen LogP contribution >= 0.6 is 70.6 Å². The molecule has 0 heterocycles. The maximum absolute atomic E-state index is 13.4. The fourth-order valence-corrected chi connectivity index (χ4v) is 12.3. The zero-order valence-corrected chi connectivity index (χ0v) is 46.6. The van der Waals surface area contributed by atoms with E-state index < -0.39 is 0 Å². The SMILES string of the molecule is C=CCN(CCNC(=N)N)C(=O)CCSCc1ccc(CSCCCN(CCNC(=N)N)C(=O)CCSCc2cccc(CSCCCN(CCNC(=N)N)C(=O)CCSCCCSCCCN)c2)cc1. The molecular weight excluding hydrogens is 1010 g/mol. The molecule has 0 radical (unpaired) electrons. The van der Waals surface area contributed by atoms with E-state index >= 15 is 0 Å². The molecule has 3 amide bonds. The maximum atomic E-state index is 13.4. The molecule has 0 aromatic heterocycles. The van der Waals surface area contributed by atoms with Crippen LogP contribution in [0, 0.1) is 16.2 Å². The van der Waals surface area contributed by atoms with Crippen molar-refractivity contribution >= 4 is 106 Å². The van der Waals surface area contributed by atoms with Crippen molar-refractivity contribution in [3.05, 3.63) is 83.4 Å². The van der Waals surface area contributed by atoms with Gasteiger partial charge in [-0.1, -0.05) is 54.6 Å². The van der Waals surface area contributed by atoms with Gasteiger partial charge in [-0.25, -0.2) is 0 Å². The van der Waals surface area contributed by atoms with E-state index in [0.717, 1.165) is 101 Å². The minimum atomic E-state index is -0.107. The molecule has 0 spiro atoms. The fourth-order valence-electron chi connectivity index (χ4n) is 6.79. The number of amides is 3. The topological polar surface area (TPSA) is 273 Å². The Labute approximate surface area is 450 Å². The van der Waals surface area contributed by atoms with Gasteiger partial charge in [-0.3, -0.25) is 30.6 Å². The van der Waals surface area contributed by atoms with Gasteiger partial charge in [-0.05, 0) is 83.2 Å². The third kappa shape index (κ3) is 33.7. The molecule has 22 heteroatoms. The summed E-state index contributed by atoms with van der Waals surface area (Å²) in [4.78, 5) is 44.7. The first-order valence-corrected chi connectivity index (χ1v) is 31.3. The van der Waals surface area contributed by atoms with Crippen LogP contribution in [0.1, 0.15) is 67.2 Å². The van der Waals surface area contributed by atoms with Crippen molar-refractivity contribution in [1.82, 2.24) is 30.7 Å². The smallest absolute Gasteiger partial charge is 0.223 e. The van der Waals surface area contributed by atoms with Gasteiger partial charge >= 0.3 is 0 Å². The Morgan fingerprint density at radius 2 is 0.859 bits per heavy atom. The molecule has 16 nitrogen and oxygen atoms in total. The molecular formula is C49H83N13O3S6. The van der Waals surface area contributed by atoms with Gasteiger partial charge < -0.3 is 53.6 Å². The minimum absolute atomic E-state index is 0.0618. The number of guanidine groups is 3. The van der Waals surface area contributed by atoms with Gasteiger partial charge in [0, 0.05) is 118 Å². The van der Waals surface area contributed by atoms with Crippen molar-refractivity contribution in [2.45, 2.75) is 68.0 Å². The van der Waals surface area contributed by atoms with E-state index in [1.807, 2.05) is 56.8 Å². The highest BCUT2D eigenvalue weighted by Crippen LogP contribution is 2.21. The number of rotatable bonds is 43. The van der Waals surface area contributed by atoms with Gasteiger partial charge in [-0.15, -0.1) is 6.58 Å². The Kier molecular flexibility index (Phi) is 37.5. The number of carbonyl (C=O) groups is 3. The molecule has 71 heavy (non-hydrogen) atoms. The lowest BCUT2D eigenvalue weighted by atomic mass is 10.2. The van der Waals surface area contributed by atoms with E-state index in [1.54, 1.807) is 34.5 Å². The van der Waals surface area contributed by atoms with E-state index in [0.29, 0.717) is 78.2 Å². The summed E-state index contributed by atoms with van der Waals surface area (Å²) in [5, 5.41) is 30.7. The van der Waals surface area contributed by atoms with E-state index in [-0.39, 0.29) is 35.6 Å². The lowest BCUT2D eigenvalue weighted by Crippen LogP contribution is -2.41. The quantitative estimate of drug-likeness (QED) is 0.0168. The predicted molar refractivity (Wildman–Crippen MR) is 313 cm³/mol. The van der Waals surface area contributed by atoms with Crippen LogP contribution in [-0.2, 0) is 37.4 Å². The average Bonchev–Trinajstić information content (AvgIpc) is 3.34. The summed E-state index contributed by atoms with van der Waals surface area (Å²) in [7, 11) is 0. The van der Waals surface area contributed by atoms with Crippen LogP contribution < -0.4 is 38.9 Å². The van der Waals surface area contributed by atoms with Crippen LogP contribution in [0.25, 0.3) is 0 Å². The molecule has 398 valence electrons. The number of hydrogen-bond acceptors (Lipinski definition) is 13. The van der Waals surface area contributed by atoms with Gasteiger partial charge in [0.15, 0.2) is 17.9 Å².